The van der Waals surface area contributed by atoms with Gasteiger partial charge < -0.3 is 29.5 Å². The fourth-order valence-electron chi connectivity index (χ4n) is 3.34. The minimum Gasteiger partial charge on any atom is -0.394 e. The molecule has 6 heteroatoms. The van der Waals surface area contributed by atoms with Crippen molar-refractivity contribution in [1.82, 2.24) is 0 Å². The van der Waals surface area contributed by atoms with Crippen molar-refractivity contribution in [2.75, 3.05) is 19.8 Å². The molecule has 0 saturated carbocycles. The molecule has 2 aromatic rings. The topological polar surface area (TPSA) is 88.4 Å². The third-order valence-corrected chi connectivity index (χ3v) is 4.90. The summed E-state index contributed by atoms with van der Waals surface area (Å²) in [6, 6.07) is 19.7. The Balaban J connectivity index is 1.58. The SMILES string of the molecule is OC[C@H]1O[C@H](O)[C@H](OCCc2ccccc2)[C@@H](OCCc2ccccc2)[C@@H]1O. The van der Waals surface area contributed by atoms with E-state index in [9.17, 15) is 15.3 Å². The molecule has 2 aromatic carbocycles. The van der Waals surface area contributed by atoms with Gasteiger partial charge in [0.2, 0.25) is 0 Å². The van der Waals surface area contributed by atoms with Gasteiger partial charge in [-0.3, -0.25) is 0 Å². The van der Waals surface area contributed by atoms with Crippen LogP contribution in [0.3, 0.4) is 0 Å². The lowest BCUT2D eigenvalue weighted by atomic mass is 9.98. The van der Waals surface area contributed by atoms with Gasteiger partial charge in [0.15, 0.2) is 6.29 Å². The van der Waals surface area contributed by atoms with Crippen molar-refractivity contribution in [2.24, 2.45) is 0 Å². The molecule has 0 aliphatic carbocycles. The largest absolute Gasteiger partial charge is 0.394 e. The number of aliphatic hydroxyl groups excluding tert-OH is 3. The lowest BCUT2D eigenvalue weighted by Crippen LogP contribution is -2.60. The van der Waals surface area contributed by atoms with Crippen LogP contribution in [-0.2, 0) is 27.1 Å². The maximum Gasteiger partial charge on any atom is 0.184 e. The molecule has 6 nitrogen and oxygen atoms in total. The summed E-state index contributed by atoms with van der Waals surface area (Å²) in [6.07, 6.45) is -3.57. The molecule has 0 radical (unpaired) electrons. The summed E-state index contributed by atoms with van der Waals surface area (Å²) in [5, 5.41) is 30.3. The lowest BCUT2D eigenvalue weighted by Gasteiger charge is -2.42. The van der Waals surface area contributed by atoms with Crippen molar-refractivity contribution in [3.8, 4) is 0 Å². The van der Waals surface area contributed by atoms with Gasteiger partial charge in [0, 0.05) is 0 Å². The number of hydrogen-bond acceptors (Lipinski definition) is 6. The second kappa shape index (κ2) is 10.7. The summed E-state index contributed by atoms with van der Waals surface area (Å²) >= 11 is 0. The highest BCUT2D eigenvalue weighted by atomic mass is 16.7. The number of hydrogen-bond donors (Lipinski definition) is 3. The molecule has 1 fully saturated rings. The van der Waals surface area contributed by atoms with Crippen molar-refractivity contribution >= 4 is 0 Å². The van der Waals surface area contributed by atoms with E-state index in [4.69, 9.17) is 14.2 Å². The Hall–Kier alpha value is -1.80. The van der Waals surface area contributed by atoms with E-state index in [0.717, 1.165) is 11.1 Å². The highest BCUT2D eigenvalue weighted by molar-refractivity contribution is 5.15. The molecule has 5 atom stereocenters. The van der Waals surface area contributed by atoms with Gasteiger partial charge in [0.1, 0.15) is 24.4 Å². The second-order valence-corrected chi connectivity index (χ2v) is 6.88. The van der Waals surface area contributed by atoms with Gasteiger partial charge in [0.05, 0.1) is 19.8 Å². The van der Waals surface area contributed by atoms with Gasteiger partial charge in [-0.1, -0.05) is 60.7 Å². The van der Waals surface area contributed by atoms with Crippen LogP contribution >= 0.6 is 0 Å². The number of aliphatic hydroxyl groups is 3. The van der Waals surface area contributed by atoms with Crippen molar-refractivity contribution in [3.05, 3.63) is 71.8 Å². The first-order valence-electron chi connectivity index (χ1n) is 9.62. The van der Waals surface area contributed by atoms with Crippen molar-refractivity contribution < 1.29 is 29.5 Å². The molecule has 3 rings (SSSR count). The normalized spacial score (nSPS) is 27.6. The van der Waals surface area contributed by atoms with Gasteiger partial charge in [0.25, 0.3) is 0 Å². The maximum absolute atomic E-state index is 10.5. The molecule has 0 unspecified atom stereocenters. The van der Waals surface area contributed by atoms with E-state index in [2.05, 4.69) is 0 Å². The predicted molar refractivity (Wildman–Crippen MR) is 104 cm³/mol. The standard InChI is InChI=1S/C22H28O6/c23-15-18-19(24)20(26-13-11-16-7-3-1-4-8-16)21(22(25)28-18)27-14-12-17-9-5-2-6-10-17/h1-10,18-25H,11-15H2/t18-,19-,20+,21-,22+/m1/s1. The summed E-state index contributed by atoms with van der Waals surface area (Å²) in [5.41, 5.74) is 2.23. The van der Waals surface area contributed by atoms with Gasteiger partial charge in [-0.2, -0.15) is 0 Å². The van der Waals surface area contributed by atoms with Crippen LogP contribution in [0, 0.1) is 0 Å². The molecule has 28 heavy (non-hydrogen) atoms. The van der Waals surface area contributed by atoms with Crippen LogP contribution in [0.4, 0.5) is 0 Å². The summed E-state index contributed by atoms with van der Waals surface area (Å²) < 4.78 is 17.0. The van der Waals surface area contributed by atoms with E-state index >= 15 is 0 Å². The van der Waals surface area contributed by atoms with Crippen LogP contribution in [0.5, 0.6) is 0 Å². The van der Waals surface area contributed by atoms with Crippen LogP contribution < -0.4 is 0 Å². The Morgan fingerprint density at radius 3 is 1.75 bits per heavy atom. The average molecular weight is 388 g/mol. The monoisotopic (exact) mass is 388 g/mol. The zero-order valence-corrected chi connectivity index (χ0v) is 15.8. The van der Waals surface area contributed by atoms with Crippen LogP contribution in [0.15, 0.2) is 60.7 Å². The van der Waals surface area contributed by atoms with E-state index in [-0.39, 0.29) is 0 Å². The van der Waals surface area contributed by atoms with E-state index < -0.39 is 37.3 Å². The molecule has 0 amide bonds. The molecular formula is C22H28O6. The smallest absolute Gasteiger partial charge is 0.184 e. The highest BCUT2D eigenvalue weighted by Gasteiger charge is 2.45. The Morgan fingerprint density at radius 1 is 0.750 bits per heavy atom. The minimum absolute atomic E-state index is 0.351. The summed E-state index contributed by atoms with van der Waals surface area (Å²) in [4.78, 5) is 0. The molecule has 152 valence electrons. The predicted octanol–water partition coefficient (Wildman–Crippen LogP) is 1.31. The average Bonchev–Trinajstić information content (AvgIpc) is 2.73. The van der Waals surface area contributed by atoms with Crippen LogP contribution in [-0.4, -0.2) is 65.8 Å². The molecule has 1 aliphatic rings. The second-order valence-electron chi connectivity index (χ2n) is 6.88. The van der Waals surface area contributed by atoms with Gasteiger partial charge in [-0.25, -0.2) is 0 Å². The third-order valence-electron chi connectivity index (χ3n) is 4.90. The van der Waals surface area contributed by atoms with Crippen molar-refractivity contribution in [1.29, 1.82) is 0 Å². The first kappa shape index (κ1) is 20.9. The quantitative estimate of drug-likeness (QED) is 0.600. The molecular weight excluding hydrogens is 360 g/mol. The van der Waals surface area contributed by atoms with E-state index in [1.54, 1.807) is 0 Å². The van der Waals surface area contributed by atoms with Crippen LogP contribution in [0.25, 0.3) is 0 Å². The molecule has 0 bridgehead atoms. The molecule has 1 saturated heterocycles. The summed E-state index contributed by atoms with van der Waals surface area (Å²) in [6.45, 7) is 0.298. The molecule has 1 heterocycles. The fraction of sp³-hybridized carbons (Fsp3) is 0.455. The Morgan fingerprint density at radius 2 is 1.25 bits per heavy atom. The number of rotatable bonds is 9. The molecule has 1 aliphatic heterocycles. The molecule has 3 N–H and O–H groups in total. The van der Waals surface area contributed by atoms with Gasteiger partial charge >= 0.3 is 0 Å². The highest BCUT2D eigenvalue weighted by Crippen LogP contribution is 2.25. The van der Waals surface area contributed by atoms with Crippen molar-refractivity contribution in [3.63, 3.8) is 0 Å². The van der Waals surface area contributed by atoms with E-state index in [0.29, 0.717) is 26.1 Å². The zero-order chi connectivity index (χ0) is 19.8. The lowest BCUT2D eigenvalue weighted by molar-refractivity contribution is -0.303. The molecule has 0 aromatic heterocycles. The Bertz CT molecular complexity index is 680. The maximum atomic E-state index is 10.5. The summed E-state index contributed by atoms with van der Waals surface area (Å²) in [7, 11) is 0. The zero-order valence-electron chi connectivity index (χ0n) is 15.8. The Labute approximate surface area is 165 Å². The number of ether oxygens (including phenoxy) is 3. The summed E-state index contributed by atoms with van der Waals surface area (Å²) in [5.74, 6) is 0. The number of benzene rings is 2. The third kappa shape index (κ3) is 5.61. The van der Waals surface area contributed by atoms with Crippen molar-refractivity contribution in [2.45, 2.75) is 43.5 Å². The minimum atomic E-state index is -1.28. The Kier molecular flexibility index (Phi) is 7.97. The first-order valence-corrected chi connectivity index (χ1v) is 9.62. The van der Waals surface area contributed by atoms with E-state index in [1.807, 2.05) is 60.7 Å². The first-order chi connectivity index (χ1) is 13.7. The van der Waals surface area contributed by atoms with E-state index in [1.165, 1.54) is 0 Å². The van der Waals surface area contributed by atoms with Crippen LogP contribution in [0.2, 0.25) is 0 Å². The van der Waals surface area contributed by atoms with Crippen LogP contribution in [0.1, 0.15) is 11.1 Å². The van der Waals surface area contributed by atoms with Gasteiger partial charge in [-0.05, 0) is 24.0 Å². The fourth-order valence-corrected chi connectivity index (χ4v) is 3.34. The van der Waals surface area contributed by atoms with Gasteiger partial charge in [-0.15, -0.1) is 0 Å². The molecule has 0 spiro atoms.